The van der Waals surface area contributed by atoms with Crippen molar-refractivity contribution < 1.29 is 9.72 Å². The van der Waals surface area contributed by atoms with E-state index in [1.54, 1.807) is 12.1 Å². The minimum Gasteiger partial charge on any atom is -0.342 e. The van der Waals surface area contributed by atoms with Crippen LogP contribution in [0.15, 0.2) is 42.5 Å². The van der Waals surface area contributed by atoms with Crippen LogP contribution in [0.2, 0.25) is 0 Å². The lowest BCUT2D eigenvalue weighted by Gasteiger charge is -2.08. The van der Waals surface area contributed by atoms with Gasteiger partial charge in [-0.1, -0.05) is 12.1 Å². The SMILES string of the molecule is [CH2]Cc1cc2c(-c3cccc(NC(C)=O)c3)ccc([N+](=O)[O-])c2n1C. The van der Waals surface area contributed by atoms with Crippen LogP contribution in [0.1, 0.15) is 12.6 Å². The van der Waals surface area contributed by atoms with Crippen molar-refractivity contribution in [3.8, 4) is 11.1 Å². The number of hydrogen-bond acceptors (Lipinski definition) is 3. The molecule has 0 aliphatic carbocycles. The molecule has 3 rings (SSSR count). The van der Waals surface area contributed by atoms with Gasteiger partial charge >= 0.3 is 0 Å². The average Bonchev–Trinajstić information content (AvgIpc) is 2.90. The second kappa shape index (κ2) is 6.39. The molecule has 2 aromatic carbocycles. The third-order valence-corrected chi connectivity index (χ3v) is 4.22. The lowest BCUT2D eigenvalue weighted by atomic mass is 10.00. The number of nitro groups is 1. The van der Waals surface area contributed by atoms with E-state index in [-0.39, 0.29) is 16.5 Å². The van der Waals surface area contributed by atoms with Gasteiger partial charge in [0.2, 0.25) is 5.91 Å². The van der Waals surface area contributed by atoms with Crippen LogP contribution in [-0.2, 0) is 18.3 Å². The largest absolute Gasteiger partial charge is 0.342 e. The first-order chi connectivity index (χ1) is 11.9. The molecule has 6 nitrogen and oxygen atoms in total. The first-order valence-corrected chi connectivity index (χ1v) is 7.85. The number of carbonyl (C=O) groups excluding carboxylic acids is 1. The van der Waals surface area contributed by atoms with Crippen LogP contribution in [0.25, 0.3) is 22.0 Å². The molecule has 0 saturated carbocycles. The van der Waals surface area contributed by atoms with E-state index in [1.807, 2.05) is 35.9 Å². The second-order valence-corrected chi connectivity index (χ2v) is 5.86. The summed E-state index contributed by atoms with van der Waals surface area (Å²) in [4.78, 5) is 22.3. The third-order valence-electron chi connectivity index (χ3n) is 4.22. The molecule has 1 heterocycles. The van der Waals surface area contributed by atoms with Gasteiger partial charge in [-0.3, -0.25) is 14.9 Å². The highest BCUT2D eigenvalue weighted by atomic mass is 16.6. The van der Waals surface area contributed by atoms with Gasteiger partial charge in [-0.2, -0.15) is 0 Å². The zero-order valence-corrected chi connectivity index (χ0v) is 14.1. The molecule has 0 fully saturated rings. The Bertz CT molecular complexity index is 989. The van der Waals surface area contributed by atoms with Crippen LogP contribution in [0, 0.1) is 17.0 Å². The Balaban J connectivity index is 2.26. The predicted octanol–water partition coefficient (Wildman–Crippen LogP) is 4.09. The molecule has 1 N–H and O–H groups in total. The van der Waals surface area contributed by atoms with Crippen molar-refractivity contribution >= 4 is 28.2 Å². The molecule has 3 aromatic rings. The van der Waals surface area contributed by atoms with Crippen molar-refractivity contribution in [3.63, 3.8) is 0 Å². The molecule has 25 heavy (non-hydrogen) atoms. The number of aryl methyl sites for hydroxylation is 1. The highest BCUT2D eigenvalue weighted by Crippen LogP contribution is 2.37. The number of nitrogens with zero attached hydrogens (tertiary/aromatic N) is 2. The highest BCUT2D eigenvalue weighted by Gasteiger charge is 2.20. The summed E-state index contributed by atoms with van der Waals surface area (Å²) in [6.45, 7) is 5.35. The number of nitro benzene ring substituents is 1. The molecule has 0 aliphatic heterocycles. The summed E-state index contributed by atoms with van der Waals surface area (Å²) in [7, 11) is 1.81. The summed E-state index contributed by atoms with van der Waals surface area (Å²) in [5.74, 6) is -0.148. The number of non-ortho nitro benzene ring substituents is 1. The summed E-state index contributed by atoms with van der Waals surface area (Å²) in [6.07, 6.45) is 0.535. The van der Waals surface area contributed by atoms with Gasteiger partial charge in [0.25, 0.3) is 5.69 Å². The standard InChI is InChI=1S/C19H18N3O3/c1-4-15-11-17-16(8-9-18(22(24)25)19(17)21(15)3)13-6-5-7-14(10-13)20-12(2)23/h5-11H,1,4H2,2-3H3,(H,20,23). The molecular weight excluding hydrogens is 318 g/mol. The van der Waals surface area contributed by atoms with E-state index in [2.05, 4.69) is 12.2 Å². The van der Waals surface area contributed by atoms with E-state index in [9.17, 15) is 14.9 Å². The van der Waals surface area contributed by atoms with Crippen molar-refractivity contribution in [3.05, 3.63) is 65.2 Å². The first kappa shape index (κ1) is 16.7. The summed E-state index contributed by atoms with van der Waals surface area (Å²) in [5.41, 5.74) is 4.01. The number of benzene rings is 2. The van der Waals surface area contributed by atoms with Gasteiger partial charge in [0.15, 0.2) is 0 Å². The van der Waals surface area contributed by atoms with E-state index < -0.39 is 0 Å². The summed E-state index contributed by atoms with van der Waals surface area (Å²) < 4.78 is 1.82. The summed E-state index contributed by atoms with van der Waals surface area (Å²) >= 11 is 0. The Hall–Kier alpha value is -3.15. The van der Waals surface area contributed by atoms with Gasteiger partial charge < -0.3 is 9.88 Å². The molecule has 1 radical (unpaired) electrons. The van der Waals surface area contributed by atoms with Gasteiger partial charge in [-0.25, -0.2) is 0 Å². The minimum absolute atomic E-state index is 0.0685. The number of amides is 1. The van der Waals surface area contributed by atoms with E-state index in [0.29, 0.717) is 17.6 Å². The van der Waals surface area contributed by atoms with Gasteiger partial charge in [-0.15, -0.1) is 0 Å². The topological polar surface area (TPSA) is 77.2 Å². The van der Waals surface area contributed by atoms with Crippen LogP contribution in [0.4, 0.5) is 11.4 Å². The normalized spacial score (nSPS) is 10.8. The fourth-order valence-corrected chi connectivity index (χ4v) is 3.11. The molecule has 6 heteroatoms. The van der Waals surface area contributed by atoms with Gasteiger partial charge in [0.1, 0.15) is 5.52 Å². The van der Waals surface area contributed by atoms with Crippen LogP contribution >= 0.6 is 0 Å². The quantitative estimate of drug-likeness (QED) is 0.576. The van der Waals surface area contributed by atoms with Crippen molar-refractivity contribution in [2.24, 2.45) is 7.05 Å². The van der Waals surface area contributed by atoms with E-state index in [0.717, 1.165) is 22.2 Å². The van der Waals surface area contributed by atoms with Crippen molar-refractivity contribution in [1.29, 1.82) is 0 Å². The van der Waals surface area contributed by atoms with E-state index in [4.69, 9.17) is 0 Å². The van der Waals surface area contributed by atoms with Crippen molar-refractivity contribution in [2.45, 2.75) is 13.3 Å². The molecule has 0 bridgehead atoms. The second-order valence-electron chi connectivity index (χ2n) is 5.86. The van der Waals surface area contributed by atoms with Gasteiger partial charge in [0, 0.05) is 36.8 Å². The summed E-state index contributed by atoms with van der Waals surface area (Å²) in [5, 5.41) is 15.0. The number of nitrogens with one attached hydrogen (secondary N) is 1. The fourth-order valence-electron chi connectivity index (χ4n) is 3.11. The van der Waals surface area contributed by atoms with Crippen LogP contribution in [0.3, 0.4) is 0 Å². The van der Waals surface area contributed by atoms with E-state index in [1.165, 1.54) is 13.0 Å². The summed E-state index contributed by atoms with van der Waals surface area (Å²) in [6, 6.07) is 12.6. The molecule has 1 aromatic heterocycles. The van der Waals surface area contributed by atoms with Crippen LogP contribution < -0.4 is 5.32 Å². The zero-order chi connectivity index (χ0) is 18.1. The maximum absolute atomic E-state index is 11.4. The zero-order valence-electron chi connectivity index (χ0n) is 14.1. The smallest absolute Gasteiger partial charge is 0.293 e. The Labute approximate surface area is 145 Å². The Morgan fingerprint density at radius 2 is 2.04 bits per heavy atom. The highest BCUT2D eigenvalue weighted by molar-refractivity contribution is 6.01. The van der Waals surface area contributed by atoms with Crippen LogP contribution in [0.5, 0.6) is 0 Å². The number of rotatable bonds is 4. The molecule has 0 atom stereocenters. The Morgan fingerprint density at radius 3 is 2.68 bits per heavy atom. The predicted molar refractivity (Wildman–Crippen MR) is 98.4 cm³/mol. The third kappa shape index (κ3) is 2.98. The average molecular weight is 336 g/mol. The maximum Gasteiger partial charge on any atom is 0.293 e. The number of anilines is 1. The number of hydrogen-bond donors (Lipinski definition) is 1. The first-order valence-electron chi connectivity index (χ1n) is 7.85. The lowest BCUT2D eigenvalue weighted by Crippen LogP contribution is -2.05. The monoisotopic (exact) mass is 336 g/mol. The minimum atomic E-state index is -0.368. The molecule has 0 unspecified atom stereocenters. The van der Waals surface area contributed by atoms with Crippen molar-refractivity contribution in [2.75, 3.05) is 5.32 Å². The molecular formula is C19H18N3O3. The molecule has 0 spiro atoms. The maximum atomic E-state index is 11.4. The Kier molecular flexibility index (Phi) is 4.27. The van der Waals surface area contributed by atoms with E-state index >= 15 is 0 Å². The lowest BCUT2D eigenvalue weighted by molar-refractivity contribution is -0.383. The molecule has 1 amide bonds. The van der Waals surface area contributed by atoms with Gasteiger partial charge in [-0.05, 0) is 48.7 Å². The Morgan fingerprint density at radius 1 is 1.28 bits per heavy atom. The molecule has 0 saturated heterocycles. The van der Waals surface area contributed by atoms with Crippen molar-refractivity contribution in [1.82, 2.24) is 4.57 Å². The number of aromatic nitrogens is 1. The fraction of sp³-hybridized carbons (Fsp3) is 0.158. The number of carbonyl (C=O) groups is 1. The molecule has 0 aliphatic rings. The number of fused-ring (bicyclic) bond motifs is 1. The van der Waals surface area contributed by atoms with Gasteiger partial charge in [0.05, 0.1) is 4.92 Å². The molecule has 127 valence electrons. The van der Waals surface area contributed by atoms with Crippen LogP contribution in [-0.4, -0.2) is 15.4 Å².